The van der Waals surface area contributed by atoms with E-state index in [1.807, 2.05) is 60.7 Å². The molecule has 0 aliphatic rings. The van der Waals surface area contributed by atoms with Gasteiger partial charge in [0.2, 0.25) is 5.95 Å². The van der Waals surface area contributed by atoms with Gasteiger partial charge in [0.15, 0.2) is 5.65 Å². The molecule has 0 aliphatic carbocycles. The highest BCUT2D eigenvalue weighted by molar-refractivity contribution is 9.10. The number of anilines is 1. The first kappa shape index (κ1) is 21.7. The molecule has 2 heterocycles. The highest BCUT2D eigenvalue weighted by Gasteiger charge is 2.15. The van der Waals surface area contributed by atoms with E-state index >= 15 is 0 Å². The van der Waals surface area contributed by atoms with E-state index in [1.54, 1.807) is 18.3 Å². The molecule has 0 atom stereocenters. The summed E-state index contributed by atoms with van der Waals surface area (Å²) in [4.78, 5) is 24.9. The number of aromatic nitrogens is 3. The van der Waals surface area contributed by atoms with Gasteiger partial charge >= 0.3 is 0 Å². The molecule has 6 nitrogen and oxygen atoms in total. The Balaban J connectivity index is 1.63. The van der Waals surface area contributed by atoms with Gasteiger partial charge in [0.1, 0.15) is 5.82 Å². The largest absolute Gasteiger partial charge is 0.291 e. The van der Waals surface area contributed by atoms with E-state index in [-0.39, 0.29) is 23.0 Å². The minimum absolute atomic E-state index is 0.162. The Morgan fingerprint density at radius 1 is 0.912 bits per heavy atom. The average Bonchev–Trinajstić information content (AvgIpc) is 2.85. The lowest BCUT2D eigenvalue weighted by Crippen LogP contribution is -2.13. The van der Waals surface area contributed by atoms with Gasteiger partial charge in [0.05, 0.1) is 17.3 Å². The lowest BCUT2D eigenvalue weighted by Gasteiger charge is -2.10. The number of H-pyrrole nitrogens is 1. The van der Waals surface area contributed by atoms with Crippen LogP contribution in [0.15, 0.2) is 99.3 Å². The topological polar surface area (TPSA) is 83.0 Å². The monoisotopic (exact) mass is 513 g/mol. The Bertz CT molecular complexity index is 1550. The number of hydrogen-bond donors (Lipinski definition) is 2. The fraction of sp³-hybridized carbons (Fsp3) is 0. The number of nitrogens with zero attached hydrogens (tertiary/aromatic N) is 3. The number of fused-ring (bicyclic) bond motifs is 1. The molecule has 0 amide bonds. The third-order valence-corrected chi connectivity index (χ3v) is 5.68. The smallest absolute Gasteiger partial charge is 0.262 e. The second-order valence-corrected chi connectivity index (χ2v) is 8.38. The summed E-state index contributed by atoms with van der Waals surface area (Å²) in [6, 6.07) is 25.0. The first-order valence-electron chi connectivity index (χ1n) is 10.4. The van der Waals surface area contributed by atoms with Crippen molar-refractivity contribution < 1.29 is 4.39 Å². The maximum atomic E-state index is 13.6. The summed E-state index contributed by atoms with van der Waals surface area (Å²) in [7, 11) is 0. The van der Waals surface area contributed by atoms with Crippen molar-refractivity contribution in [3.63, 3.8) is 0 Å². The normalized spacial score (nSPS) is 11.2. The van der Waals surface area contributed by atoms with Crippen LogP contribution in [0.4, 0.5) is 10.3 Å². The Morgan fingerprint density at radius 3 is 2.35 bits per heavy atom. The van der Waals surface area contributed by atoms with Crippen LogP contribution in [0.5, 0.6) is 0 Å². The molecule has 0 bridgehead atoms. The van der Waals surface area contributed by atoms with Crippen molar-refractivity contribution in [1.29, 1.82) is 0 Å². The molecule has 166 valence electrons. The molecule has 34 heavy (non-hydrogen) atoms. The number of nitrogens with one attached hydrogen (secondary N) is 2. The minimum Gasteiger partial charge on any atom is -0.291 e. The van der Waals surface area contributed by atoms with Crippen molar-refractivity contribution in [2.24, 2.45) is 5.10 Å². The summed E-state index contributed by atoms with van der Waals surface area (Å²) < 4.78 is 14.5. The maximum absolute atomic E-state index is 13.6. The van der Waals surface area contributed by atoms with E-state index in [0.717, 1.165) is 15.6 Å². The van der Waals surface area contributed by atoms with Crippen molar-refractivity contribution in [2.75, 3.05) is 5.43 Å². The molecule has 0 radical (unpaired) electrons. The SMILES string of the molecule is O=c1[nH]c(N/N=C/c2ccccc2)nc2nc(-c3ccc(Br)cc3)cc(-c3ccc(F)cc3)c12. The third-order valence-electron chi connectivity index (χ3n) is 5.16. The summed E-state index contributed by atoms with van der Waals surface area (Å²) >= 11 is 3.44. The van der Waals surface area contributed by atoms with Crippen LogP contribution in [0.1, 0.15) is 5.56 Å². The number of rotatable bonds is 5. The summed E-state index contributed by atoms with van der Waals surface area (Å²) in [5, 5.41) is 4.47. The van der Waals surface area contributed by atoms with Crippen LogP contribution >= 0.6 is 15.9 Å². The standard InChI is InChI=1S/C26H17BrFN5O/c27-19-10-6-18(7-11-19)22-14-21(17-8-12-20(28)13-9-17)23-24(30-22)31-26(32-25(23)34)33-29-15-16-4-2-1-3-5-16/h1-15H,(H2,30,31,32,33,34)/b29-15+. The number of aromatic amines is 1. The summed E-state index contributed by atoms with van der Waals surface area (Å²) in [6.07, 6.45) is 1.62. The second-order valence-electron chi connectivity index (χ2n) is 7.46. The molecule has 0 fully saturated rings. The van der Waals surface area contributed by atoms with Gasteiger partial charge in [-0.15, -0.1) is 0 Å². The molecule has 0 aliphatic heterocycles. The molecule has 0 saturated heterocycles. The Morgan fingerprint density at radius 2 is 1.62 bits per heavy atom. The predicted molar refractivity (Wildman–Crippen MR) is 136 cm³/mol. The first-order chi connectivity index (χ1) is 16.6. The molecular formula is C26H17BrFN5O. The highest BCUT2D eigenvalue weighted by atomic mass is 79.9. The number of benzene rings is 3. The van der Waals surface area contributed by atoms with Crippen molar-refractivity contribution in [3.8, 4) is 22.4 Å². The van der Waals surface area contributed by atoms with Gasteiger partial charge in [-0.1, -0.05) is 70.5 Å². The van der Waals surface area contributed by atoms with Crippen LogP contribution in [-0.4, -0.2) is 21.2 Å². The van der Waals surface area contributed by atoms with Gasteiger partial charge in [-0.2, -0.15) is 10.1 Å². The van der Waals surface area contributed by atoms with Gasteiger partial charge < -0.3 is 0 Å². The summed E-state index contributed by atoms with van der Waals surface area (Å²) in [6.45, 7) is 0. The van der Waals surface area contributed by atoms with E-state index in [0.29, 0.717) is 22.2 Å². The number of halogens is 2. The highest BCUT2D eigenvalue weighted by Crippen LogP contribution is 2.30. The molecule has 2 N–H and O–H groups in total. The fourth-order valence-corrected chi connectivity index (χ4v) is 3.79. The fourth-order valence-electron chi connectivity index (χ4n) is 3.53. The van der Waals surface area contributed by atoms with E-state index in [9.17, 15) is 9.18 Å². The van der Waals surface area contributed by atoms with Gasteiger partial charge in [-0.05, 0) is 41.5 Å². The van der Waals surface area contributed by atoms with Crippen LogP contribution in [0, 0.1) is 5.82 Å². The minimum atomic E-state index is -0.378. The molecule has 0 unspecified atom stereocenters. The van der Waals surface area contributed by atoms with E-state index in [4.69, 9.17) is 0 Å². The summed E-state index contributed by atoms with van der Waals surface area (Å²) in [5.41, 5.74) is 6.31. The molecule has 2 aromatic heterocycles. The lowest BCUT2D eigenvalue weighted by atomic mass is 10.0. The lowest BCUT2D eigenvalue weighted by molar-refractivity contribution is 0.628. The zero-order valence-electron chi connectivity index (χ0n) is 17.7. The van der Waals surface area contributed by atoms with Crippen molar-refractivity contribution in [2.45, 2.75) is 0 Å². The van der Waals surface area contributed by atoms with Crippen LogP contribution in [0.2, 0.25) is 0 Å². The average molecular weight is 514 g/mol. The van der Waals surface area contributed by atoms with Gasteiger partial charge in [0.25, 0.3) is 5.56 Å². The van der Waals surface area contributed by atoms with Gasteiger partial charge in [0, 0.05) is 15.6 Å². The zero-order valence-corrected chi connectivity index (χ0v) is 19.3. The van der Waals surface area contributed by atoms with Gasteiger partial charge in [-0.3, -0.25) is 9.78 Å². The Labute approximate surface area is 202 Å². The number of pyridine rings is 1. The van der Waals surface area contributed by atoms with Crippen LogP contribution in [0.25, 0.3) is 33.4 Å². The van der Waals surface area contributed by atoms with E-state index in [1.165, 1.54) is 12.1 Å². The second kappa shape index (κ2) is 9.36. The molecule has 8 heteroatoms. The van der Waals surface area contributed by atoms with Gasteiger partial charge in [-0.25, -0.2) is 14.8 Å². The molecule has 5 rings (SSSR count). The quantitative estimate of drug-likeness (QED) is 0.223. The third kappa shape index (κ3) is 4.62. The Hall–Kier alpha value is -4.17. The molecule has 0 saturated carbocycles. The van der Waals surface area contributed by atoms with Crippen molar-refractivity contribution >= 4 is 39.1 Å². The van der Waals surface area contributed by atoms with Crippen LogP contribution in [-0.2, 0) is 0 Å². The predicted octanol–water partition coefficient (Wildman–Crippen LogP) is 6.00. The molecule has 5 aromatic rings. The number of hydrogen-bond acceptors (Lipinski definition) is 5. The van der Waals surface area contributed by atoms with Crippen LogP contribution in [0.3, 0.4) is 0 Å². The van der Waals surface area contributed by atoms with Crippen molar-refractivity contribution in [1.82, 2.24) is 15.0 Å². The van der Waals surface area contributed by atoms with E-state index in [2.05, 4.69) is 41.4 Å². The maximum Gasteiger partial charge on any atom is 0.262 e. The first-order valence-corrected chi connectivity index (χ1v) is 11.2. The van der Waals surface area contributed by atoms with Crippen LogP contribution < -0.4 is 11.0 Å². The zero-order chi connectivity index (χ0) is 23.5. The number of hydrazone groups is 1. The molecule has 0 spiro atoms. The molecular weight excluding hydrogens is 497 g/mol. The molecule has 3 aromatic carbocycles. The van der Waals surface area contributed by atoms with E-state index < -0.39 is 0 Å². The Kier molecular flexibility index (Phi) is 5.97. The van der Waals surface area contributed by atoms with Crippen molar-refractivity contribution in [3.05, 3.63) is 111 Å². The summed E-state index contributed by atoms with van der Waals surface area (Å²) in [5.74, 6) is -0.194.